The molecule has 2 nitrogen and oxygen atoms in total. The van der Waals surface area contributed by atoms with Crippen LogP contribution in [0.2, 0.25) is 10.0 Å². The molecule has 2 aromatic carbocycles. The number of benzene rings is 2. The molecule has 96 valence electrons. The van der Waals surface area contributed by atoms with E-state index < -0.39 is 0 Å². The van der Waals surface area contributed by atoms with Crippen molar-refractivity contribution in [1.29, 1.82) is 0 Å². The van der Waals surface area contributed by atoms with Crippen molar-refractivity contribution in [2.24, 2.45) is 0 Å². The third-order valence-electron chi connectivity index (χ3n) is 2.53. The quantitative estimate of drug-likeness (QED) is 0.628. The topological polar surface area (TPSA) is 18.5 Å². The van der Waals surface area contributed by atoms with E-state index in [-0.39, 0.29) is 0 Å². The summed E-state index contributed by atoms with van der Waals surface area (Å²) in [5.74, 6) is 1.10. The Kier molecular flexibility index (Phi) is 4.32. The maximum Gasteiger partial charge on any atom is 0.152 e. The van der Waals surface area contributed by atoms with Crippen LogP contribution in [0.4, 0.5) is 0 Å². The largest absolute Gasteiger partial charge is 0.494 e. The van der Waals surface area contributed by atoms with Gasteiger partial charge in [-0.05, 0) is 49.4 Å². The Morgan fingerprint density at radius 3 is 1.61 bits per heavy atom. The predicted octanol–water partition coefficient (Wildman–Crippen LogP) is 5.69. The summed E-state index contributed by atoms with van der Waals surface area (Å²) >= 11 is 19.5. The van der Waals surface area contributed by atoms with Crippen LogP contribution in [0.3, 0.4) is 0 Å². The molecule has 0 bridgehead atoms. The van der Waals surface area contributed by atoms with Crippen LogP contribution in [0.5, 0.6) is 11.5 Å². The summed E-state index contributed by atoms with van der Waals surface area (Å²) in [5, 5.41) is 2.51. The van der Waals surface area contributed by atoms with Crippen LogP contribution in [0.1, 0.15) is 0 Å². The summed E-state index contributed by atoms with van der Waals surface area (Å²) < 4.78 is 12.1. The summed E-state index contributed by atoms with van der Waals surface area (Å²) in [6, 6.07) is 3.80. The zero-order valence-electron chi connectivity index (χ0n) is 9.48. The van der Waals surface area contributed by atoms with Gasteiger partial charge in [0.1, 0.15) is 0 Å². The maximum atomic E-state index is 6.32. The van der Waals surface area contributed by atoms with E-state index in [1.54, 1.807) is 14.2 Å². The Morgan fingerprint density at radius 1 is 0.889 bits per heavy atom. The van der Waals surface area contributed by atoms with Gasteiger partial charge in [-0.3, -0.25) is 0 Å². The van der Waals surface area contributed by atoms with Crippen LogP contribution >= 0.6 is 55.1 Å². The summed E-state index contributed by atoms with van der Waals surface area (Å²) in [7, 11) is 3.11. The molecule has 0 aliphatic carbocycles. The van der Waals surface area contributed by atoms with Gasteiger partial charge >= 0.3 is 0 Å². The van der Waals surface area contributed by atoms with Crippen LogP contribution < -0.4 is 9.47 Å². The lowest BCUT2D eigenvalue weighted by Gasteiger charge is -2.14. The molecule has 18 heavy (non-hydrogen) atoms. The highest BCUT2D eigenvalue weighted by Crippen LogP contribution is 2.47. The standard InChI is InChI=1S/C12H8Br2Cl2O2/c1-17-11-6(13)3-5-4-7(14)12(18-2)10(16)8(5)9(11)15/h3-4H,1-2H3. The lowest BCUT2D eigenvalue weighted by molar-refractivity contribution is 0.411. The minimum atomic E-state index is 0.456. The highest BCUT2D eigenvalue weighted by molar-refractivity contribution is 9.11. The van der Waals surface area contributed by atoms with E-state index in [9.17, 15) is 0 Å². The molecule has 6 heteroatoms. The number of halogens is 4. The number of ether oxygens (including phenoxy) is 2. The van der Waals surface area contributed by atoms with Gasteiger partial charge < -0.3 is 9.47 Å². The van der Waals surface area contributed by atoms with Gasteiger partial charge in [-0.1, -0.05) is 23.2 Å². The van der Waals surface area contributed by atoms with E-state index in [2.05, 4.69) is 31.9 Å². The van der Waals surface area contributed by atoms with Gasteiger partial charge in [-0.15, -0.1) is 0 Å². The van der Waals surface area contributed by atoms with Crippen LogP contribution in [0.25, 0.3) is 10.8 Å². The van der Waals surface area contributed by atoms with Gasteiger partial charge in [0.05, 0.1) is 33.2 Å². The maximum absolute atomic E-state index is 6.32. The number of methoxy groups -OCH3 is 2. The molecule has 0 aliphatic rings. The summed E-state index contributed by atoms with van der Waals surface area (Å²) in [5.41, 5.74) is 0. The minimum absolute atomic E-state index is 0.456. The predicted molar refractivity (Wildman–Crippen MR) is 82.5 cm³/mol. The zero-order chi connectivity index (χ0) is 13.4. The van der Waals surface area contributed by atoms with Crippen molar-refractivity contribution in [2.45, 2.75) is 0 Å². The molecule has 0 amide bonds. The molecular formula is C12H8Br2Cl2O2. The van der Waals surface area contributed by atoms with Gasteiger partial charge in [0, 0.05) is 5.39 Å². The van der Waals surface area contributed by atoms with Crippen molar-refractivity contribution >= 4 is 65.8 Å². The summed E-state index contributed by atoms with van der Waals surface area (Å²) in [6.45, 7) is 0. The van der Waals surface area contributed by atoms with Crippen molar-refractivity contribution in [2.75, 3.05) is 14.2 Å². The first kappa shape index (κ1) is 14.3. The SMILES string of the molecule is COc1c(Br)cc2cc(Br)c(OC)c(Cl)c2c1Cl. The molecule has 0 atom stereocenters. The summed E-state index contributed by atoms with van der Waals surface area (Å²) in [4.78, 5) is 0. The molecule has 0 radical (unpaired) electrons. The van der Waals surface area contributed by atoms with Crippen molar-refractivity contribution in [1.82, 2.24) is 0 Å². The van der Waals surface area contributed by atoms with Crippen molar-refractivity contribution in [3.8, 4) is 11.5 Å². The molecule has 2 aromatic rings. The molecule has 0 aliphatic heterocycles. The van der Waals surface area contributed by atoms with Crippen molar-refractivity contribution < 1.29 is 9.47 Å². The molecule has 0 fully saturated rings. The number of fused-ring (bicyclic) bond motifs is 1. The Labute approximate surface area is 131 Å². The number of hydrogen-bond acceptors (Lipinski definition) is 2. The van der Waals surface area contributed by atoms with Crippen LogP contribution in [0, 0.1) is 0 Å². The molecule has 0 saturated carbocycles. The minimum Gasteiger partial charge on any atom is -0.494 e. The van der Waals surface area contributed by atoms with Gasteiger partial charge in [-0.2, -0.15) is 0 Å². The lowest BCUT2D eigenvalue weighted by atomic mass is 10.1. The normalized spacial score (nSPS) is 10.8. The third kappa shape index (κ3) is 2.20. The molecule has 0 saturated heterocycles. The zero-order valence-corrected chi connectivity index (χ0v) is 14.2. The lowest BCUT2D eigenvalue weighted by Crippen LogP contribution is -1.91. The van der Waals surface area contributed by atoms with Crippen LogP contribution in [0.15, 0.2) is 21.1 Å². The van der Waals surface area contributed by atoms with E-state index in [1.165, 1.54) is 0 Å². The van der Waals surface area contributed by atoms with Gasteiger partial charge in [0.25, 0.3) is 0 Å². The monoisotopic (exact) mass is 412 g/mol. The summed E-state index contributed by atoms with van der Waals surface area (Å²) in [6.07, 6.45) is 0. The second-order valence-corrected chi connectivity index (χ2v) is 5.97. The van der Waals surface area contributed by atoms with E-state index in [1.807, 2.05) is 12.1 Å². The van der Waals surface area contributed by atoms with Gasteiger partial charge in [-0.25, -0.2) is 0 Å². The Morgan fingerprint density at radius 2 is 1.28 bits per heavy atom. The molecular weight excluding hydrogens is 407 g/mol. The van der Waals surface area contributed by atoms with E-state index in [0.29, 0.717) is 26.9 Å². The fraction of sp³-hybridized carbons (Fsp3) is 0.167. The second kappa shape index (κ2) is 5.45. The Balaban J connectivity index is 2.95. The highest BCUT2D eigenvalue weighted by atomic mass is 79.9. The molecule has 0 unspecified atom stereocenters. The van der Waals surface area contributed by atoms with E-state index in [0.717, 1.165) is 14.3 Å². The number of hydrogen-bond donors (Lipinski definition) is 0. The molecule has 0 heterocycles. The molecule has 0 N–H and O–H groups in total. The van der Waals surface area contributed by atoms with Gasteiger partial charge in [0.2, 0.25) is 0 Å². The van der Waals surface area contributed by atoms with Crippen molar-refractivity contribution in [3.05, 3.63) is 31.1 Å². The smallest absolute Gasteiger partial charge is 0.152 e. The fourth-order valence-corrected chi connectivity index (χ4v) is 4.01. The average molecular weight is 415 g/mol. The first-order valence-corrected chi connectivity index (χ1v) is 7.23. The molecule has 0 spiro atoms. The van der Waals surface area contributed by atoms with Gasteiger partial charge in [0.15, 0.2) is 11.5 Å². The second-order valence-electron chi connectivity index (χ2n) is 3.51. The fourth-order valence-electron chi connectivity index (χ4n) is 1.75. The molecule has 0 aromatic heterocycles. The molecule has 2 rings (SSSR count). The van der Waals surface area contributed by atoms with E-state index in [4.69, 9.17) is 32.7 Å². The first-order valence-electron chi connectivity index (χ1n) is 4.89. The first-order chi connectivity index (χ1) is 8.51. The Hall–Kier alpha value is -0.160. The third-order valence-corrected chi connectivity index (χ3v) is 4.43. The van der Waals surface area contributed by atoms with Crippen LogP contribution in [-0.4, -0.2) is 14.2 Å². The Bertz CT molecular complexity index is 579. The van der Waals surface area contributed by atoms with E-state index >= 15 is 0 Å². The average Bonchev–Trinajstić information content (AvgIpc) is 2.28. The highest BCUT2D eigenvalue weighted by Gasteiger charge is 2.18. The van der Waals surface area contributed by atoms with Crippen molar-refractivity contribution in [3.63, 3.8) is 0 Å². The number of rotatable bonds is 2. The van der Waals surface area contributed by atoms with Crippen LogP contribution in [-0.2, 0) is 0 Å².